The lowest BCUT2D eigenvalue weighted by Crippen LogP contribution is -2.49. The number of anilines is 2. The van der Waals surface area contributed by atoms with Crippen molar-refractivity contribution in [2.45, 2.75) is 12.6 Å². The van der Waals surface area contributed by atoms with Gasteiger partial charge in [-0.1, -0.05) is 24.3 Å². The first-order valence-corrected chi connectivity index (χ1v) is 11.9. The zero-order chi connectivity index (χ0) is 25.7. The van der Waals surface area contributed by atoms with Crippen LogP contribution in [0, 0.1) is 0 Å². The number of rotatable bonds is 6. The third-order valence-corrected chi connectivity index (χ3v) is 6.90. The lowest BCUT2D eigenvalue weighted by atomic mass is 10.0. The van der Waals surface area contributed by atoms with Gasteiger partial charge in [-0.25, -0.2) is 0 Å². The Hall–Kier alpha value is -4.79. The Morgan fingerprint density at radius 2 is 1.84 bits per heavy atom. The summed E-state index contributed by atoms with van der Waals surface area (Å²) in [6.07, 6.45) is 1.19. The molecule has 0 bridgehead atoms. The summed E-state index contributed by atoms with van der Waals surface area (Å²) in [5, 5.41) is 3.95. The highest BCUT2D eigenvalue weighted by Gasteiger charge is 2.49. The molecule has 2 aliphatic heterocycles. The summed E-state index contributed by atoms with van der Waals surface area (Å²) in [7, 11) is 2.99. The molecule has 2 aliphatic rings. The molecule has 186 valence electrons. The highest BCUT2D eigenvalue weighted by Crippen LogP contribution is 2.49. The molecule has 2 N–H and O–H groups in total. The van der Waals surface area contributed by atoms with Crippen molar-refractivity contribution in [1.29, 1.82) is 0 Å². The van der Waals surface area contributed by atoms with Crippen LogP contribution in [0.1, 0.15) is 38.9 Å². The molecule has 0 aliphatic carbocycles. The molecular weight excluding hydrogens is 472 g/mol. The molecule has 0 fully saturated rings. The number of para-hydroxylation sites is 1. The van der Waals surface area contributed by atoms with Crippen LogP contribution in [-0.2, 0) is 4.79 Å². The van der Waals surface area contributed by atoms with Gasteiger partial charge in [-0.2, -0.15) is 0 Å². The van der Waals surface area contributed by atoms with Crippen LogP contribution in [0.4, 0.5) is 11.4 Å². The Labute approximate surface area is 212 Å². The van der Waals surface area contributed by atoms with Gasteiger partial charge in [0.1, 0.15) is 6.17 Å². The second-order valence-electron chi connectivity index (χ2n) is 8.91. The summed E-state index contributed by atoms with van der Waals surface area (Å²) in [5.41, 5.74) is 3.49. The lowest BCUT2D eigenvalue weighted by Gasteiger charge is -2.40. The van der Waals surface area contributed by atoms with E-state index in [1.165, 1.54) is 14.2 Å². The first-order chi connectivity index (χ1) is 18.0. The highest BCUT2D eigenvalue weighted by atomic mass is 16.5. The predicted octanol–water partition coefficient (Wildman–Crippen LogP) is 4.33. The van der Waals surface area contributed by atoms with Gasteiger partial charge in [0.05, 0.1) is 31.0 Å². The SMILES string of the molecule is COc1ccc2c(c1OC)C(=O)N1c3ccccc3C(=O)N(CCC(=O)Nc3ccc4cc[nH]c4c3)C21. The number of amides is 3. The van der Waals surface area contributed by atoms with Crippen molar-refractivity contribution in [3.05, 3.63) is 83.6 Å². The summed E-state index contributed by atoms with van der Waals surface area (Å²) in [6.45, 7) is 0.117. The lowest BCUT2D eigenvalue weighted by molar-refractivity contribution is -0.116. The molecule has 1 atom stereocenters. The number of nitrogens with one attached hydrogen (secondary N) is 2. The van der Waals surface area contributed by atoms with Crippen LogP contribution < -0.4 is 19.7 Å². The maximum absolute atomic E-state index is 13.7. The van der Waals surface area contributed by atoms with Gasteiger partial charge in [-0.3, -0.25) is 19.3 Å². The molecule has 0 radical (unpaired) electrons. The smallest absolute Gasteiger partial charge is 0.264 e. The molecule has 0 saturated carbocycles. The number of fused-ring (bicyclic) bond motifs is 6. The van der Waals surface area contributed by atoms with E-state index < -0.39 is 6.17 Å². The van der Waals surface area contributed by atoms with Crippen LogP contribution in [0.15, 0.2) is 66.9 Å². The van der Waals surface area contributed by atoms with Crippen LogP contribution in [0.5, 0.6) is 11.5 Å². The first-order valence-electron chi connectivity index (χ1n) is 11.9. The Kier molecular flexibility index (Phi) is 5.33. The van der Waals surface area contributed by atoms with Gasteiger partial charge < -0.3 is 24.7 Å². The number of aromatic amines is 1. The monoisotopic (exact) mass is 496 g/mol. The molecule has 0 spiro atoms. The van der Waals surface area contributed by atoms with Crippen LogP contribution >= 0.6 is 0 Å². The maximum atomic E-state index is 13.7. The third kappa shape index (κ3) is 3.50. The number of hydrogen-bond donors (Lipinski definition) is 2. The molecule has 6 rings (SSSR count). The van der Waals surface area contributed by atoms with Gasteiger partial charge in [-0.15, -0.1) is 0 Å². The molecule has 3 amide bonds. The van der Waals surface area contributed by atoms with Gasteiger partial charge in [0.2, 0.25) is 5.91 Å². The van der Waals surface area contributed by atoms with Crippen LogP contribution in [0.3, 0.4) is 0 Å². The van der Waals surface area contributed by atoms with E-state index in [1.807, 2.05) is 30.5 Å². The minimum Gasteiger partial charge on any atom is -0.493 e. The molecule has 3 heterocycles. The van der Waals surface area contributed by atoms with Crippen molar-refractivity contribution in [1.82, 2.24) is 9.88 Å². The zero-order valence-corrected chi connectivity index (χ0v) is 20.3. The number of hydrogen-bond acceptors (Lipinski definition) is 5. The predicted molar refractivity (Wildman–Crippen MR) is 138 cm³/mol. The molecular formula is C28H24N4O5. The van der Waals surface area contributed by atoms with Gasteiger partial charge in [0.25, 0.3) is 11.8 Å². The number of carbonyl (C=O) groups is 3. The van der Waals surface area contributed by atoms with Gasteiger partial charge >= 0.3 is 0 Å². The first kappa shape index (κ1) is 22.7. The number of aromatic nitrogens is 1. The Balaban J connectivity index is 1.33. The van der Waals surface area contributed by atoms with Crippen molar-refractivity contribution >= 4 is 40.0 Å². The zero-order valence-electron chi connectivity index (χ0n) is 20.3. The van der Waals surface area contributed by atoms with E-state index in [4.69, 9.17) is 9.47 Å². The molecule has 4 aromatic rings. The quantitative estimate of drug-likeness (QED) is 0.414. The average Bonchev–Trinajstić information content (AvgIpc) is 3.50. The van der Waals surface area contributed by atoms with E-state index in [9.17, 15) is 14.4 Å². The summed E-state index contributed by atoms with van der Waals surface area (Å²) < 4.78 is 11.0. The Bertz CT molecular complexity index is 1580. The third-order valence-electron chi connectivity index (χ3n) is 6.90. The van der Waals surface area contributed by atoms with E-state index in [2.05, 4.69) is 10.3 Å². The molecule has 9 heteroatoms. The molecule has 0 saturated heterocycles. The van der Waals surface area contributed by atoms with Crippen LogP contribution in [0.25, 0.3) is 10.9 Å². The van der Waals surface area contributed by atoms with Crippen molar-refractivity contribution in [2.75, 3.05) is 31.0 Å². The van der Waals surface area contributed by atoms with Crippen molar-refractivity contribution < 1.29 is 23.9 Å². The summed E-state index contributed by atoms with van der Waals surface area (Å²) >= 11 is 0. The minimum atomic E-state index is -0.701. The topological polar surface area (TPSA) is 104 Å². The van der Waals surface area contributed by atoms with Crippen LogP contribution in [0.2, 0.25) is 0 Å². The second kappa shape index (κ2) is 8.70. The van der Waals surface area contributed by atoms with E-state index in [-0.39, 0.29) is 30.7 Å². The van der Waals surface area contributed by atoms with Crippen molar-refractivity contribution in [3.63, 3.8) is 0 Å². The fourth-order valence-electron chi connectivity index (χ4n) is 5.22. The molecule has 3 aromatic carbocycles. The highest BCUT2D eigenvalue weighted by molar-refractivity contribution is 6.18. The van der Waals surface area contributed by atoms with Gasteiger partial charge in [0.15, 0.2) is 11.5 Å². The van der Waals surface area contributed by atoms with Crippen molar-refractivity contribution in [3.8, 4) is 11.5 Å². The summed E-state index contributed by atoms with van der Waals surface area (Å²) in [4.78, 5) is 46.6. The minimum absolute atomic E-state index is 0.0534. The fraction of sp³-hybridized carbons (Fsp3) is 0.179. The maximum Gasteiger partial charge on any atom is 0.264 e. The van der Waals surface area contributed by atoms with E-state index in [1.54, 1.807) is 46.2 Å². The fourth-order valence-corrected chi connectivity index (χ4v) is 5.22. The molecule has 37 heavy (non-hydrogen) atoms. The molecule has 1 aromatic heterocycles. The molecule has 9 nitrogen and oxygen atoms in total. The number of nitrogens with zero attached hydrogens (tertiary/aromatic N) is 2. The normalized spacial score (nSPS) is 15.9. The second-order valence-corrected chi connectivity index (χ2v) is 8.91. The Morgan fingerprint density at radius 1 is 1.00 bits per heavy atom. The summed E-state index contributed by atoms with van der Waals surface area (Å²) in [5.74, 6) is -0.0148. The van der Waals surface area contributed by atoms with Crippen LogP contribution in [-0.4, -0.2) is 48.4 Å². The molecule has 1 unspecified atom stereocenters. The number of H-pyrrole nitrogens is 1. The number of carbonyl (C=O) groups excluding carboxylic acids is 3. The van der Waals surface area contributed by atoms with E-state index in [0.717, 1.165) is 10.9 Å². The largest absolute Gasteiger partial charge is 0.493 e. The van der Waals surface area contributed by atoms with Gasteiger partial charge in [-0.05, 0) is 41.8 Å². The number of methoxy groups -OCH3 is 2. The van der Waals surface area contributed by atoms with E-state index in [0.29, 0.717) is 39.6 Å². The van der Waals surface area contributed by atoms with Gasteiger partial charge in [0, 0.05) is 35.9 Å². The van der Waals surface area contributed by atoms with E-state index >= 15 is 0 Å². The summed E-state index contributed by atoms with van der Waals surface area (Å²) in [6, 6.07) is 18.1. The number of benzene rings is 3. The Morgan fingerprint density at radius 3 is 2.65 bits per heavy atom. The average molecular weight is 497 g/mol. The number of ether oxygens (including phenoxy) is 2. The standard InChI is InChI=1S/C28H24N4O5/c1-36-22-10-9-19-24(25(22)37-2)28(35)32-21-6-4-3-5-18(21)27(34)31(26(19)32)14-12-23(33)30-17-8-7-16-11-13-29-20(16)15-17/h3-11,13,15,26,29H,12,14H2,1-2H3,(H,30,33). The van der Waals surface area contributed by atoms with Crippen molar-refractivity contribution in [2.24, 2.45) is 0 Å².